The Balaban J connectivity index is 1.77. The van der Waals surface area contributed by atoms with Gasteiger partial charge < -0.3 is 14.6 Å². The highest BCUT2D eigenvalue weighted by Gasteiger charge is 2.25. The number of imidazole rings is 1. The molecule has 1 N–H and O–H groups in total. The van der Waals surface area contributed by atoms with E-state index in [1.54, 1.807) is 23.3 Å². The van der Waals surface area contributed by atoms with Crippen LogP contribution in [0.2, 0.25) is 0 Å². The molecule has 26 heavy (non-hydrogen) atoms. The van der Waals surface area contributed by atoms with Gasteiger partial charge in [0.1, 0.15) is 6.04 Å². The number of hydrogen-bond acceptors (Lipinski definition) is 6. The Labute approximate surface area is 155 Å². The van der Waals surface area contributed by atoms with Crippen molar-refractivity contribution in [2.75, 3.05) is 6.61 Å². The van der Waals surface area contributed by atoms with Crippen LogP contribution in [-0.4, -0.2) is 39.1 Å². The lowest BCUT2D eigenvalue weighted by Gasteiger charge is -2.17. The van der Waals surface area contributed by atoms with Gasteiger partial charge in [0, 0.05) is 12.4 Å². The summed E-state index contributed by atoms with van der Waals surface area (Å²) in [6.07, 6.45) is 5.65. The quantitative estimate of drug-likeness (QED) is 0.644. The molecular formula is C18H20N4O3S. The number of nitrogens with one attached hydrogen (secondary N) is 1. The number of aromatic nitrogens is 3. The van der Waals surface area contributed by atoms with E-state index in [9.17, 15) is 9.59 Å². The molecule has 0 aliphatic heterocycles. The van der Waals surface area contributed by atoms with Gasteiger partial charge in [-0.05, 0) is 31.0 Å². The fraction of sp³-hybridized carbons (Fsp3) is 0.333. The second-order valence-electron chi connectivity index (χ2n) is 5.94. The number of hydrogen-bond donors (Lipinski definition) is 1. The summed E-state index contributed by atoms with van der Waals surface area (Å²) in [5, 5.41) is 3.07. The first kappa shape index (κ1) is 18.1. The topological polar surface area (TPSA) is 86.1 Å². The van der Waals surface area contributed by atoms with Gasteiger partial charge in [0.05, 0.1) is 29.7 Å². The molecular weight excluding hydrogens is 352 g/mol. The molecule has 8 heteroatoms. The zero-order valence-electron chi connectivity index (χ0n) is 14.6. The molecule has 0 saturated heterocycles. The molecule has 0 aliphatic rings. The number of benzene rings is 1. The van der Waals surface area contributed by atoms with Gasteiger partial charge in [-0.15, -0.1) is 11.3 Å². The van der Waals surface area contributed by atoms with Crippen molar-refractivity contribution in [2.24, 2.45) is 0 Å². The first-order valence-corrected chi connectivity index (χ1v) is 9.19. The highest BCUT2D eigenvalue weighted by Crippen LogP contribution is 2.23. The monoisotopic (exact) mass is 372 g/mol. The number of ether oxygens (including phenoxy) is 1. The first-order valence-electron chi connectivity index (χ1n) is 8.37. The van der Waals surface area contributed by atoms with Gasteiger partial charge in [-0.25, -0.2) is 14.8 Å². The van der Waals surface area contributed by atoms with Crippen LogP contribution in [0.25, 0.3) is 10.2 Å². The number of carbonyl (C=O) groups excluding carboxylic acids is 2. The van der Waals surface area contributed by atoms with E-state index in [1.165, 1.54) is 11.3 Å². The van der Waals surface area contributed by atoms with Crippen molar-refractivity contribution in [2.45, 2.75) is 32.9 Å². The maximum atomic E-state index is 12.6. The molecule has 0 aliphatic carbocycles. The Kier molecular flexibility index (Phi) is 5.62. The van der Waals surface area contributed by atoms with Crippen LogP contribution in [-0.2, 0) is 16.1 Å². The molecule has 1 atom stereocenters. The fourth-order valence-electron chi connectivity index (χ4n) is 2.44. The number of aryl methyl sites for hydroxylation is 1. The Morgan fingerprint density at radius 2 is 2.23 bits per heavy atom. The molecule has 0 saturated carbocycles. The Morgan fingerprint density at radius 3 is 2.96 bits per heavy atom. The van der Waals surface area contributed by atoms with Crippen molar-refractivity contribution >= 4 is 33.4 Å². The third kappa shape index (κ3) is 4.26. The van der Waals surface area contributed by atoms with E-state index in [0.717, 1.165) is 15.8 Å². The molecule has 7 nitrogen and oxygen atoms in total. The fourth-order valence-corrected chi connectivity index (χ4v) is 3.40. The van der Waals surface area contributed by atoms with Crippen molar-refractivity contribution in [1.82, 2.24) is 19.9 Å². The summed E-state index contributed by atoms with van der Waals surface area (Å²) in [5.74, 6) is -0.853. The second kappa shape index (κ2) is 8.09. The minimum atomic E-state index is -0.808. The molecule has 0 bridgehead atoms. The zero-order valence-corrected chi connectivity index (χ0v) is 15.5. The highest BCUT2D eigenvalue weighted by molar-refractivity contribution is 7.20. The molecule has 1 aromatic carbocycles. The number of esters is 1. The maximum Gasteiger partial charge on any atom is 0.330 e. The van der Waals surface area contributed by atoms with Crippen molar-refractivity contribution < 1.29 is 14.3 Å². The molecule has 3 aromatic rings. The molecule has 2 heterocycles. The van der Waals surface area contributed by atoms with Gasteiger partial charge in [-0.1, -0.05) is 13.0 Å². The number of thiazole rings is 1. The van der Waals surface area contributed by atoms with Crippen LogP contribution >= 0.6 is 11.3 Å². The average molecular weight is 372 g/mol. The number of nitrogens with zero attached hydrogens (tertiary/aromatic N) is 3. The Morgan fingerprint density at radius 1 is 1.38 bits per heavy atom. The van der Waals surface area contributed by atoms with Gasteiger partial charge in [0.15, 0.2) is 5.01 Å². The van der Waals surface area contributed by atoms with Gasteiger partial charge in [0.25, 0.3) is 5.91 Å². The molecule has 0 spiro atoms. The maximum absolute atomic E-state index is 12.6. The highest BCUT2D eigenvalue weighted by atomic mass is 32.1. The number of amides is 1. The SMILES string of the molecule is CCCOC(=O)[C@H](Cn1ccnc1)NC(=O)c1nc2ccc(C)cc2s1. The third-order valence-electron chi connectivity index (χ3n) is 3.73. The van der Waals surface area contributed by atoms with Gasteiger partial charge in [-0.3, -0.25) is 4.79 Å². The van der Waals surface area contributed by atoms with Crippen molar-refractivity contribution in [3.63, 3.8) is 0 Å². The lowest BCUT2D eigenvalue weighted by atomic mass is 10.2. The van der Waals surface area contributed by atoms with E-state index >= 15 is 0 Å². The summed E-state index contributed by atoms with van der Waals surface area (Å²) in [6, 6.07) is 5.02. The van der Waals surface area contributed by atoms with Crippen molar-refractivity contribution in [3.05, 3.63) is 47.5 Å². The van der Waals surface area contributed by atoms with E-state index in [-0.39, 0.29) is 12.5 Å². The minimum Gasteiger partial charge on any atom is -0.464 e. The van der Waals surface area contributed by atoms with Gasteiger partial charge >= 0.3 is 5.97 Å². The van der Waals surface area contributed by atoms with Crippen LogP contribution in [0.1, 0.15) is 28.7 Å². The van der Waals surface area contributed by atoms with Crippen LogP contribution in [0.3, 0.4) is 0 Å². The minimum absolute atomic E-state index is 0.248. The first-order chi connectivity index (χ1) is 12.6. The standard InChI is InChI=1S/C18H20N4O3S/c1-3-8-25-18(24)14(10-22-7-6-19-11-22)20-16(23)17-21-13-5-4-12(2)9-15(13)26-17/h4-7,9,11,14H,3,8,10H2,1-2H3,(H,20,23)/t14-/m0/s1. The summed E-state index contributed by atoms with van der Waals surface area (Å²) >= 11 is 1.30. The third-order valence-corrected chi connectivity index (χ3v) is 4.75. The van der Waals surface area contributed by atoms with Gasteiger partial charge in [-0.2, -0.15) is 0 Å². The molecule has 0 fully saturated rings. The van der Waals surface area contributed by atoms with Crippen LogP contribution < -0.4 is 5.32 Å². The summed E-state index contributed by atoms with van der Waals surface area (Å²) in [5.41, 5.74) is 1.87. The summed E-state index contributed by atoms with van der Waals surface area (Å²) in [6.45, 7) is 4.47. The zero-order chi connectivity index (χ0) is 18.5. The van der Waals surface area contributed by atoms with Gasteiger partial charge in [0.2, 0.25) is 0 Å². The Bertz CT molecular complexity index is 904. The summed E-state index contributed by atoms with van der Waals surface area (Å²) < 4.78 is 7.87. The average Bonchev–Trinajstić information content (AvgIpc) is 3.27. The number of rotatable bonds is 7. The molecule has 0 radical (unpaired) electrons. The molecule has 1 amide bonds. The van der Waals surface area contributed by atoms with E-state index < -0.39 is 12.0 Å². The normalized spacial score (nSPS) is 12.1. The molecule has 2 aromatic heterocycles. The van der Waals surface area contributed by atoms with Crippen LogP contribution in [0.4, 0.5) is 0 Å². The second-order valence-corrected chi connectivity index (χ2v) is 6.97. The van der Waals surface area contributed by atoms with Crippen molar-refractivity contribution in [1.29, 1.82) is 0 Å². The predicted octanol–water partition coefficient (Wildman–Crippen LogP) is 2.55. The molecule has 0 unspecified atom stereocenters. The van der Waals surface area contributed by atoms with E-state index in [4.69, 9.17) is 4.74 Å². The van der Waals surface area contributed by atoms with E-state index in [2.05, 4.69) is 15.3 Å². The van der Waals surface area contributed by atoms with Crippen LogP contribution in [0.15, 0.2) is 36.9 Å². The predicted molar refractivity (Wildman–Crippen MR) is 99.1 cm³/mol. The molecule has 3 rings (SSSR count). The molecule has 136 valence electrons. The van der Waals surface area contributed by atoms with Crippen LogP contribution in [0, 0.1) is 6.92 Å². The van der Waals surface area contributed by atoms with E-state index in [1.807, 2.05) is 32.0 Å². The largest absolute Gasteiger partial charge is 0.464 e. The van der Waals surface area contributed by atoms with E-state index in [0.29, 0.717) is 18.0 Å². The smallest absolute Gasteiger partial charge is 0.330 e. The van der Waals surface area contributed by atoms with Crippen molar-refractivity contribution in [3.8, 4) is 0 Å². The summed E-state index contributed by atoms with van der Waals surface area (Å²) in [7, 11) is 0. The Hall–Kier alpha value is -2.74. The lowest BCUT2D eigenvalue weighted by molar-refractivity contribution is -0.146. The number of fused-ring (bicyclic) bond motifs is 1. The van der Waals surface area contributed by atoms with Crippen LogP contribution in [0.5, 0.6) is 0 Å². The lowest BCUT2D eigenvalue weighted by Crippen LogP contribution is -2.44. The number of carbonyl (C=O) groups is 2. The summed E-state index contributed by atoms with van der Waals surface area (Å²) in [4.78, 5) is 33.3.